The molecule has 0 atom stereocenters. The van der Waals surface area contributed by atoms with Crippen LogP contribution in [0.2, 0.25) is 0 Å². The highest BCUT2D eigenvalue weighted by Gasteiger charge is 2.09. The summed E-state index contributed by atoms with van der Waals surface area (Å²) in [6.07, 6.45) is 1.73. The van der Waals surface area contributed by atoms with Gasteiger partial charge in [0.2, 0.25) is 0 Å². The van der Waals surface area contributed by atoms with Gasteiger partial charge in [-0.3, -0.25) is 9.59 Å². The van der Waals surface area contributed by atoms with Gasteiger partial charge in [0.1, 0.15) is 19.0 Å². The van der Waals surface area contributed by atoms with Crippen molar-refractivity contribution in [3.8, 4) is 5.75 Å². The summed E-state index contributed by atoms with van der Waals surface area (Å²) in [7, 11) is 0. The molecule has 0 saturated heterocycles. The molecule has 0 fully saturated rings. The Morgan fingerprint density at radius 1 is 1.10 bits per heavy atom. The minimum atomic E-state index is -0.576. The highest BCUT2D eigenvalue weighted by molar-refractivity contribution is 6.00. The quantitative estimate of drug-likeness (QED) is 0.565. The van der Waals surface area contributed by atoms with Crippen LogP contribution in [0.15, 0.2) is 59.5 Å². The summed E-state index contributed by atoms with van der Waals surface area (Å²) in [4.78, 5) is 26.7. The van der Waals surface area contributed by atoms with Crippen molar-refractivity contribution < 1.29 is 14.6 Å². The number of aliphatic hydroxyl groups is 1. The van der Waals surface area contributed by atoms with Gasteiger partial charge in [-0.05, 0) is 43.5 Å². The molecule has 0 saturated carbocycles. The number of aromatic nitrogens is 1. The van der Waals surface area contributed by atoms with Gasteiger partial charge in [0, 0.05) is 42.0 Å². The zero-order chi connectivity index (χ0) is 20.8. The number of ether oxygens (including phenoxy) is 1. The molecule has 0 aliphatic rings. The van der Waals surface area contributed by atoms with Crippen LogP contribution >= 0.6 is 0 Å². The topological polar surface area (TPSA) is 71.8 Å². The molecule has 29 heavy (non-hydrogen) atoms. The predicted octanol–water partition coefficient (Wildman–Crippen LogP) is 3.10. The van der Waals surface area contributed by atoms with Crippen molar-refractivity contribution in [1.82, 2.24) is 4.57 Å². The minimum Gasteiger partial charge on any atom is -0.492 e. The Kier molecular flexibility index (Phi) is 6.67. The van der Waals surface area contributed by atoms with Crippen molar-refractivity contribution in [2.24, 2.45) is 0 Å². The molecule has 0 bridgehead atoms. The number of nitrogens with zero attached hydrogens (tertiary/aromatic N) is 2. The number of carbonyl (C=O) groups is 1. The van der Waals surface area contributed by atoms with Crippen molar-refractivity contribution in [2.75, 3.05) is 31.2 Å². The molecule has 3 rings (SSSR count). The van der Waals surface area contributed by atoms with E-state index in [0.29, 0.717) is 24.1 Å². The van der Waals surface area contributed by atoms with Gasteiger partial charge in [0.25, 0.3) is 5.56 Å². The Bertz CT molecular complexity index is 1050. The lowest BCUT2D eigenvalue weighted by atomic mass is 10.1. The number of aliphatic hydroxyl groups excluding tert-OH is 1. The number of fused-ring (bicyclic) bond motifs is 1. The number of hydrogen-bond acceptors (Lipinski definition) is 5. The van der Waals surface area contributed by atoms with Crippen LogP contribution in [-0.2, 0) is 6.54 Å². The molecule has 1 aromatic heterocycles. The molecule has 152 valence electrons. The molecule has 0 aliphatic heterocycles. The fourth-order valence-corrected chi connectivity index (χ4v) is 3.34. The molecular formula is C23H26N2O4. The number of pyridine rings is 1. The second kappa shape index (κ2) is 9.39. The van der Waals surface area contributed by atoms with Crippen LogP contribution in [-0.4, -0.2) is 41.8 Å². The smallest absolute Gasteiger partial charge is 0.258 e. The van der Waals surface area contributed by atoms with E-state index in [1.165, 1.54) is 0 Å². The summed E-state index contributed by atoms with van der Waals surface area (Å²) in [5.41, 5.74) is 1.26. The molecule has 0 spiro atoms. The van der Waals surface area contributed by atoms with Crippen molar-refractivity contribution in [1.29, 1.82) is 0 Å². The Morgan fingerprint density at radius 2 is 1.90 bits per heavy atom. The Balaban J connectivity index is 1.74. The monoisotopic (exact) mass is 394 g/mol. The highest BCUT2D eigenvalue weighted by Crippen LogP contribution is 2.21. The summed E-state index contributed by atoms with van der Waals surface area (Å²) in [5, 5.41) is 10.3. The lowest BCUT2D eigenvalue weighted by Gasteiger charge is -2.21. The normalized spacial score (nSPS) is 10.9. The molecule has 6 heteroatoms. The molecule has 1 heterocycles. The Hall–Kier alpha value is -3.12. The molecule has 0 unspecified atom stereocenters. The summed E-state index contributed by atoms with van der Waals surface area (Å²) in [5.74, 6) is 0.359. The molecule has 0 radical (unpaired) electrons. The molecular weight excluding hydrogens is 368 g/mol. The maximum absolute atomic E-state index is 12.8. The van der Waals surface area contributed by atoms with Crippen LogP contribution in [0.5, 0.6) is 5.75 Å². The van der Waals surface area contributed by atoms with E-state index >= 15 is 0 Å². The second-order valence-electron chi connectivity index (χ2n) is 6.72. The van der Waals surface area contributed by atoms with Crippen molar-refractivity contribution in [2.45, 2.75) is 20.4 Å². The van der Waals surface area contributed by atoms with E-state index in [0.717, 1.165) is 29.9 Å². The second-order valence-corrected chi connectivity index (χ2v) is 6.72. The van der Waals surface area contributed by atoms with Crippen LogP contribution in [0, 0.1) is 0 Å². The van der Waals surface area contributed by atoms with Gasteiger partial charge >= 0.3 is 0 Å². The van der Waals surface area contributed by atoms with Gasteiger partial charge in [-0.2, -0.15) is 0 Å². The highest BCUT2D eigenvalue weighted by atomic mass is 16.5. The Morgan fingerprint density at radius 3 is 2.62 bits per heavy atom. The summed E-state index contributed by atoms with van der Waals surface area (Å²) in [6, 6.07) is 14.7. The SMILES string of the molecule is CCN(CC)c1cccc(OCCn2ccc3ccc(C(=O)CO)cc3c2=O)c1. The van der Waals surface area contributed by atoms with Gasteiger partial charge in [-0.25, -0.2) is 0 Å². The van der Waals surface area contributed by atoms with Gasteiger partial charge in [-0.15, -0.1) is 0 Å². The van der Waals surface area contributed by atoms with Crippen molar-refractivity contribution in [3.05, 3.63) is 70.6 Å². The molecule has 1 N–H and O–H groups in total. The third-order valence-corrected chi connectivity index (χ3v) is 4.99. The van der Waals surface area contributed by atoms with Crippen LogP contribution < -0.4 is 15.2 Å². The first-order valence-corrected chi connectivity index (χ1v) is 9.82. The molecule has 2 aromatic carbocycles. The van der Waals surface area contributed by atoms with E-state index in [1.807, 2.05) is 24.3 Å². The summed E-state index contributed by atoms with van der Waals surface area (Å²) >= 11 is 0. The lowest BCUT2D eigenvalue weighted by molar-refractivity contribution is 0.0904. The van der Waals surface area contributed by atoms with Crippen LogP contribution in [0.3, 0.4) is 0 Å². The van der Waals surface area contributed by atoms with Gasteiger partial charge in [0.15, 0.2) is 5.78 Å². The maximum atomic E-state index is 12.8. The fourth-order valence-electron chi connectivity index (χ4n) is 3.34. The molecule has 3 aromatic rings. The summed E-state index contributed by atoms with van der Waals surface area (Å²) < 4.78 is 7.44. The zero-order valence-corrected chi connectivity index (χ0v) is 16.8. The van der Waals surface area contributed by atoms with Crippen LogP contribution in [0.25, 0.3) is 10.8 Å². The van der Waals surface area contributed by atoms with Crippen molar-refractivity contribution in [3.63, 3.8) is 0 Å². The first-order chi connectivity index (χ1) is 14.1. The minimum absolute atomic E-state index is 0.185. The summed E-state index contributed by atoms with van der Waals surface area (Å²) in [6.45, 7) is 6.24. The third-order valence-electron chi connectivity index (χ3n) is 4.99. The number of carbonyl (C=O) groups excluding carboxylic acids is 1. The number of ketones is 1. The lowest BCUT2D eigenvalue weighted by Crippen LogP contribution is -2.23. The van der Waals surface area contributed by atoms with E-state index in [1.54, 1.807) is 29.0 Å². The number of Topliss-reactive ketones (excluding diaryl/α,β-unsaturated/α-hetero) is 1. The first kappa shape index (κ1) is 20.6. The largest absolute Gasteiger partial charge is 0.492 e. The van der Waals surface area contributed by atoms with Gasteiger partial charge in [0.05, 0.1) is 6.54 Å². The molecule has 6 nitrogen and oxygen atoms in total. The first-order valence-electron chi connectivity index (χ1n) is 9.82. The van der Waals surface area contributed by atoms with E-state index in [-0.39, 0.29) is 5.56 Å². The molecule has 0 aliphatic carbocycles. The fraction of sp³-hybridized carbons (Fsp3) is 0.304. The van der Waals surface area contributed by atoms with E-state index in [4.69, 9.17) is 9.84 Å². The predicted molar refractivity (Wildman–Crippen MR) is 115 cm³/mol. The van der Waals surface area contributed by atoms with Crippen molar-refractivity contribution >= 4 is 22.2 Å². The van der Waals surface area contributed by atoms with E-state index < -0.39 is 12.4 Å². The maximum Gasteiger partial charge on any atom is 0.258 e. The zero-order valence-electron chi connectivity index (χ0n) is 16.8. The average molecular weight is 394 g/mol. The number of benzene rings is 2. The standard InChI is InChI=1S/C23H26N2O4/c1-3-24(4-2)19-6-5-7-20(15-19)29-13-12-25-11-10-17-8-9-18(22(27)16-26)14-21(17)23(25)28/h5-11,14-15,26H,3-4,12-13,16H2,1-2H3. The van der Waals surface area contributed by atoms with E-state index in [2.05, 4.69) is 24.8 Å². The van der Waals surface area contributed by atoms with Gasteiger partial charge < -0.3 is 19.3 Å². The van der Waals surface area contributed by atoms with Gasteiger partial charge in [-0.1, -0.05) is 18.2 Å². The third kappa shape index (κ3) is 4.66. The average Bonchev–Trinajstić information content (AvgIpc) is 2.76. The number of hydrogen-bond donors (Lipinski definition) is 1. The van der Waals surface area contributed by atoms with Crippen LogP contribution in [0.1, 0.15) is 24.2 Å². The van der Waals surface area contributed by atoms with E-state index in [9.17, 15) is 9.59 Å². The molecule has 0 amide bonds. The Labute approximate surface area is 170 Å². The number of anilines is 1. The number of rotatable bonds is 9. The van der Waals surface area contributed by atoms with Crippen LogP contribution in [0.4, 0.5) is 5.69 Å².